The Bertz CT molecular complexity index is 351. The maximum atomic E-state index is 5.58. The summed E-state index contributed by atoms with van der Waals surface area (Å²) < 4.78 is 5.01. The average Bonchev–Trinajstić information content (AvgIpc) is 2.83. The van der Waals surface area contributed by atoms with Crippen molar-refractivity contribution >= 4 is 5.96 Å². The van der Waals surface area contributed by atoms with E-state index < -0.39 is 0 Å². The largest absolute Gasteiger partial charge is 0.383 e. The lowest BCUT2D eigenvalue weighted by atomic mass is 9.68. The van der Waals surface area contributed by atoms with Crippen molar-refractivity contribution in [2.24, 2.45) is 27.6 Å². The summed E-state index contributed by atoms with van der Waals surface area (Å²) in [5.74, 6) is 7.08. The Hall–Kier alpha value is -0.810. The minimum atomic E-state index is 0.297. The van der Waals surface area contributed by atoms with Gasteiger partial charge in [0, 0.05) is 13.2 Å². The Labute approximate surface area is 116 Å². The molecule has 3 unspecified atom stereocenters. The first-order valence-corrected chi connectivity index (χ1v) is 7.20. The fraction of sp³-hybridized carbons (Fsp3) is 0.929. The summed E-state index contributed by atoms with van der Waals surface area (Å²) in [5.41, 5.74) is 3.35. The van der Waals surface area contributed by atoms with Gasteiger partial charge in [0.25, 0.3) is 0 Å². The molecular weight excluding hydrogens is 240 g/mol. The molecule has 2 rings (SSSR count). The molecule has 0 saturated heterocycles. The molecule has 2 aliphatic carbocycles. The van der Waals surface area contributed by atoms with Gasteiger partial charge >= 0.3 is 0 Å². The van der Waals surface area contributed by atoms with Gasteiger partial charge in [-0.1, -0.05) is 20.8 Å². The summed E-state index contributed by atoms with van der Waals surface area (Å²) in [4.78, 5) is 4.42. The molecule has 2 bridgehead atoms. The van der Waals surface area contributed by atoms with Gasteiger partial charge in [0.2, 0.25) is 5.96 Å². The molecule has 0 radical (unpaired) electrons. The zero-order valence-electron chi connectivity index (χ0n) is 12.6. The SMILES string of the molecule is COCCN=C(NN)NC1C2(C)CCC(C2)C1(C)C. The first kappa shape index (κ1) is 14.6. The van der Waals surface area contributed by atoms with Crippen LogP contribution in [-0.4, -0.2) is 32.3 Å². The standard InChI is InChI=1S/C14H28N4O/c1-13(2)10-5-6-14(3,9-10)11(13)17-12(18-15)16-7-8-19-4/h10-11H,5-9,15H2,1-4H3,(H2,16,17,18). The van der Waals surface area contributed by atoms with Crippen molar-refractivity contribution in [2.75, 3.05) is 20.3 Å². The molecule has 0 aliphatic heterocycles. The van der Waals surface area contributed by atoms with Crippen LogP contribution >= 0.6 is 0 Å². The number of fused-ring (bicyclic) bond motifs is 2. The summed E-state index contributed by atoms with van der Waals surface area (Å²) in [5, 5.41) is 3.55. The number of ether oxygens (including phenoxy) is 1. The van der Waals surface area contributed by atoms with Crippen LogP contribution < -0.4 is 16.6 Å². The molecule has 2 aliphatic rings. The third-order valence-corrected chi connectivity index (χ3v) is 5.25. The number of methoxy groups -OCH3 is 1. The van der Waals surface area contributed by atoms with Crippen LogP contribution in [0.4, 0.5) is 0 Å². The number of rotatable bonds is 4. The van der Waals surface area contributed by atoms with Crippen molar-refractivity contribution in [1.29, 1.82) is 0 Å². The Morgan fingerprint density at radius 1 is 1.42 bits per heavy atom. The molecule has 2 fully saturated rings. The summed E-state index contributed by atoms with van der Waals surface area (Å²) in [7, 11) is 1.68. The van der Waals surface area contributed by atoms with Gasteiger partial charge in [-0.05, 0) is 36.0 Å². The Morgan fingerprint density at radius 3 is 2.68 bits per heavy atom. The van der Waals surface area contributed by atoms with Gasteiger partial charge in [0.1, 0.15) is 0 Å². The van der Waals surface area contributed by atoms with E-state index in [0.717, 1.165) is 5.92 Å². The second-order valence-corrected chi connectivity index (χ2v) is 6.86. The predicted octanol–water partition coefficient (Wildman–Crippen LogP) is 1.26. The van der Waals surface area contributed by atoms with E-state index in [1.54, 1.807) is 7.11 Å². The normalized spacial score (nSPS) is 36.6. The van der Waals surface area contributed by atoms with Gasteiger partial charge in [-0.15, -0.1) is 0 Å². The zero-order chi connectivity index (χ0) is 14.1. The highest BCUT2D eigenvalue weighted by Gasteiger charge is 2.59. The Morgan fingerprint density at radius 2 is 2.16 bits per heavy atom. The molecule has 0 aromatic rings. The number of hydrazine groups is 1. The van der Waals surface area contributed by atoms with E-state index in [1.165, 1.54) is 19.3 Å². The summed E-state index contributed by atoms with van der Waals surface area (Å²) in [6, 6.07) is 0.427. The second kappa shape index (κ2) is 5.29. The fourth-order valence-corrected chi connectivity index (χ4v) is 4.18. The van der Waals surface area contributed by atoms with Gasteiger partial charge in [-0.2, -0.15) is 0 Å². The van der Waals surface area contributed by atoms with Crippen molar-refractivity contribution in [3.05, 3.63) is 0 Å². The maximum absolute atomic E-state index is 5.58. The van der Waals surface area contributed by atoms with E-state index in [0.29, 0.717) is 36.0 Å². The monoisotopic (exact) mass is 268 g/mol. The lowest BCUT2D eigenvalue weighted by molar-refractivity contribution is 0.124. The smallest absolute Gasteiger partial charge is 0.206 e. The number of hydrogen-bond acceptors (Lipinski definition) is 3. The molecule has 0 aromatic carbocycles. The minimum absolute atomic E-state index is 0.297. The van der Waals surface area contributed by atoms with Crippen LogP contribution in [0.15, 0.2) is 4.99 Å². The van der Waals surface area contributed by atoms with Crippen molar-refractivity contribution in [3.63, 3.8) is 0 Å². The molecule has 5 nitrogen and oxygen atoms in total. The molecule has 19 heavy (non-hydrogen) atoms. The van der Waals surface area contributed by atoms with Gasteiger partial charge in [0.05, 0.1) is 13.2 Å². The van der Waals surface area contributed by atoms with Gasteiger partial charge in [0.15, 0.2) is 0 Å². The predicted molar refractivity (Wildman–Crippen MR) is 77.7 cm³/mol. The third-order valence-electron chi connectivity index (χ3n) is 5.25. The van der Waals surface area contributed by atoms with E-state index in [4.69, 9.17) is 10.6 Å². The second-order valence-electron chi connectivity index (χ2n) is 6.86. The molecule has 2 saturated carbocycles. The molecule has 0 heterocycles. The van der Waals surface area contributed by atoms with Gasteiger partial charge < -0.3 is 10.1 Å². The van der Waals surface area contributed by atoms with Crippen LogP contribution in [0.3, 0.4) is 0 Å². The highest BCUT2D eigenvalue weighted by Crippen LogP contribution is 2.62. The van der Waals surface area contributed by atoms with Gasteiger partial charge in [-0.25, -0.2) is 10.8 Å². The maximum Gasteiger partial charge on any atom is 0.206 e. The molecule has 3 atom stereocenters. The summed E-state index contributed by atoms with van der Waals surface area (Å²) in [6.45, 7) is 8.35. The summed E-state index contributed by atoms with van der Waals surface area (Å²) in [6.07, 6.45) is 3.97. The molecule has 0 aromatic heterocycles. The first-order valence-electron chi connectivity index (χ1n) is 7.20. The van der Waals surface area contributed by atoms with Crippen LogP contribution in [0, 0.1) is 16.7 Å². The quantitative estimate of drug-likeness (QED) is 0.236. The molecule has 110 valence electrons. The van der Waals surface area contributed by atoms with Crippen LogP contribution in [0.5, 0.6) is 0 Å². The van der Waals surface area contributed by atoms with Crippen molar-refractivity contribution < 1.29 is 4.74 Å². The minimum Gasteiger partial charge on any atom is -0.383 e. The lowest BCUT2D eigenvalue weighted by Gasteiger charge is -2.43. The number of nitrogens with one attached hydrogen (secondary N) is 2. The molecular formula is C14H28N4O. The highest BCUT2D eigenvalue weighted by molar-refractivity contribution is 5.79. The van der Waals surface area contributed by atoms with E-state index in [9.17, 15) is 0 Å². The Kier molecular flexibility index (Phi) is 4.06. The number of nitrogens with zero attached hydrogens (tertiary/aromatic N) is 1. The molecule has 4 N–H and O–H groups in total. The molecule has 0 spiro atoms. The van der Waals surface area contributed by atoms with Crippen molar-refractivity contribution in [2.45, 2.75) is 46.1 Å². The molecule has 5 heteroatoms. The van der Waals surface area contributed by atoms with Crippen molar-refractivity contribution in [1.82, 2.24) is 10.7 Å². The topological polar surface area (TPSA) is 71.7 Å². The zero-order valence-corrected chi connectivity index (χ0v) is 12.6. The van der Waals surface area contributed by atoms with E-state index in [2.05, 4.69) is 36.5 Å². The van der Waals surface area contributed by atoms with Crippen molar-refractivity contribution in [3.8, 4) is 0 Å². The van der Waals surface area contributed by atoms with Crippen LogP contribution in [0.25, 0.3) is 0 Å². The number of nitrogens with two attached hydrogens (primary N) is 1. The lowest BCUT2D eigenvalue weighted by Crippen LogP contribution is -2.56. The highest BCUT2D eigenvalue weighted by atomic mass is 16.5. The number of aliphatic imine (C=N–C) groups is 1. The van der Waals surface area contributed by atoms with E-state index in [-0.39, 0.29) is 0 Å². The van der Waals surface area contributed by atoms with E-state index in [1.807, 2.05) is 0 Å². The Balaban J connectivity index is 2.06. The van der Waals surface area contributed by atoms with Crippen LogP contribution in [-0.2, 0) is 4.74 Å². The third kappa shape index (κ3) is 2.58. The van der Waals surface area contributed by atoms with Crippen LogP contribution in [0.1, 0.15) is 40.0 Å². The van der Waals surface area contributed by atoms with Crippen LogP contribution in [0.2, 0.25) is 0 Å². The molecule has 0 amide bonds. The fourth-order valence-electron chi connectivity index (χ4n) is 4.18. The van der Waals surface area contributed by atoms with Gasteiger partial charge in [-0.3, -0.25) is 5.43 Å². The van der Waals surface area contributed by atoms with E-state index >= 15 is 0 Å². The number of hydrogen-bond donors (Lipinski definition) is 3. The summed E-state index contributed by atoms with van der Waals surface area (Å²) >= 11 is 0. The first-order chi connectivity index (χ1) is 8.94. The average molecular weight is 268 g/mol. The number of guanidine groups is 1.